The van der Waals surface area contributed by atoms with Crippen LogP contribution >= 0.6 is 0 Å². The third-order valence-electron chi connectivity index (χ3n) is 3.68. The van der Waals surface area contributed by atoms with Crippen LogP contribution in [0.25, 0.3) is 0 Å². The van der Waals surface area contributed by atoms with Crippen molar-refractivity contribution < 1.29 is 9.90 Å². The largest absolute Gasteiger partial charge is 0.391 e. The lowest BCUT2D eigenvalue weighted by molar-refractivity contribution is 0.0999. The first-order valence-electron chi connectivity index (χ1n) is 7.80. The second-order valence-corrected chi connectivity index (χ2v) is 5.47. The first-order chi connectivity index (χ1) is 11.2. The molecule has 0 aliphatic rings. The van der Waals surface area contributed by atoms with E-state index in [9.17, 15) is 9.90 Å². The molecule has 1 radical (unpaired) electrons. The maximum atomic E-state index is 11.3. The molecule has 0 aliphatic carbocycles. The molecule has 2 aromatic carbocycles. The number of aliphatic hydroxyl groups is 1. The number of nitrogens with two attached hydrogens (primary N) is 1. The third-order valence-corrected chi connectivity index (χ3v) is 3.68. The van der Waals surface area contributed by atoms with Gasteiger partial charge in [-0.1, -0.05) is 48.5 Å². The molecule has 0 saturated carbocycles. The second-order valence-electron chi connectivity index (χ2n) is 5.47. The van der Waals surface area contributed by atoms with Crippen LogP contribution < -0.4 is 11.1 Å². The normalized spacial score (nSPS) is 12.0. The van der Waals surface area contributed by atoms with Crippen molar-refractivity contribution in [3.05, 3.63) is 77.7 Å². The molecule has 0 spiro atoms. The molecule has 1 atom stereocenters. The summed E-state index contributed by atoms with van der Waals surface area (Å²) in [6.07, 6.45) is 2.83. The Morgan fingerprint density at radius 2 is 1.83 bits per heavy atom. The van der Waals surface area contributed by atoms with Crippen molar-refractivity contribution in [3.63, 3.8) is 0 Å². The lowest BCUT2D eigenvalue weighted by Gasteiger charge is -2.12. The van der Waals surface area contributed by atoms with Gasteiger partial charge in [-0.15, -0.1) is 0 Å². The molecule has 0 bridgehead atoms. The molecule has 0 fully saturated rings. The number of rotatable bonds is 9. The van der Waals surface area contributed by atoms with Crippen molar-refractivity contribution in [1.29, 1.82) is 0 Å². The van der Waals surface area contributed by atoms with Crippen molar-refractivity contribution in [2.24, 2.45) is 5.73 Å². The average molecular weight is 311 g/mol. The highest BCUT2D eigenvalue weighted by atomic mass is 16.3. The van der Waals surface area contributed by atoms with Gasteiger partial charge in [-0.3, -0.25) is 4.79 Å². The number of benzene rings is 2. The molecule has 0 heterocycles. The summed E-state index contributed by atoms with van der Waals surface area (Å²) in [6.45, 7) is 1.17. The zero-order chi connectivity index (χ0) is 16.5. The SMILES string of the molecule is NC(=O)c1ccccc1CCNC[C@@H](O)[CH]Cc1ccccc1. The Kier molecular flexibility index (Phi) is 6.78. The van der Waals surface area contributed by atoms with E-state index in [1.807, 2.05) is 48.9 Å². The lowest BCUT2D eigenvalue weighted by atomic mass is 10.0. The zero-order valence-electron chi connectivity index (χ0n) is 13.1. The van der Waals surface area contributed by atoms with E-state index in [2.05, 4.69) is 5.32 Å². The quantitative estimate of drug-likeness (QED) is 0.617. The van der Waals surface area contributed by atoms with Gasteiger partial charge in [0.05, 0.1) is 6.10 Å². The molecular weight excluding hydrogens is 288 g/mol. The summed E-state index contributed by atoms with van der Waals surface area (Å²) >= 11 is 0. The van der Waals surface area contributed by atoms with Crippen LogP contribution in [0.1, 0.15) is 21.5 Å². The van der Waals surface area contributed by atoms with E-state index >= 15 is 0 Å². The molecule has 4 heteroatoms. The van der Waals surface area contributed by atoms with Gasteiger partial charge in [0.1, 0.15) is 0 Å². The van der Waals surface area contributed by atoms with Gasteiger partial charge in [0.15, 0.2) is 0 Å². The van der Waals surface area contributed by atoms with Gasteiger partial charge >= 0.3 is 0 Å². The summed E-state index contributed by atoms with van der Waals surface area (Å²) in [5, 5.41) is 13.2. The Balaban J connectivity index is 1.68. The van der Waals surface area contributed by atoms with E-state index in [1.54, 1.807) is 12.1 Å². The van der Waals surface area contributed by atoms with Gasteiger partial charge in [-0.25, -0.2) is 0 Å². The predicted octanol–water partition coefficient (Wildman–Crippen LogP) is 1.73. The molecule has 0 aliphatic heterocycles. The molecule has 121 valence electrons. The van der Waals surface area contributed by atoms with Gasteiger partial charge in [-0.05, 0) is 43.0 Å². The lowest BCUT2D eigenvalue weighted by Crippen LogP contribution is -2.29. The highest BCUT2D eigenvalue weighted by Crippen LogP contribution is 2.08. The zero-order valence-corrected chi connectivity index (χ0v) is 13.1. The number of aliphatic hydroxyl groups excluding tert-OH is 1. The Morgan fingerprint density at radius 3 is 2.57 bits per heavy atom. The van der Waals surface area contributed by atoms with Crippen LogP contribution in [0.2, 0.25) is 0 Å². The van der Waals surface area contributed by atoms with Crippen molar-refractivity contribution >= 4 is 5.91 Å². The molecule has 0 unspecified atom stereocenters. The Morgan fingerprint density at radius 1 is 1.13 bits per heavy atom. The second kappa shape index (κ2) is 9.08. The molecule has 2 aromatic rings. The van der Waals surface area contributed by atoms with Crippen LogP contribution in [0.5, 0.6) is 0 Å². The number of amides is 1. The number of hydrogen-bond donors (Lipinski definition) is 3. The standard InChI is InChI=1S/C19H23N2O2/c20-19(23)18-9-5-4-8-16(18)12-13-21-14-17(22)11-10-15-6-2-1-3-7-15/h1-9,11,17,21-22H,10,12-14H2,(H2,20,23)/t17-/m0/s1. The Hall–Kier alpha value is -2.17. The van der Waals surface area contributed by atoms with Crippen molar-refractivity contribution in [2.45, 2.75) is 18.9 Å². The third kappa shape index (κ3) is 5.85. The summed E-state index contributed by atoms with van der Waals surface area (Å²) in [5.74, 6) is -0.406. The summed E-state index contributed by atoms with van der Waals surface area (Å²) in [4.78, 5) is 11.3. The number of primary amides is 1. The fourth-order valence-electron chi connectivity index (χ4n) is 2.42. The Labute approximate surface area is 137 Å². The van der Waals surface area contributed by atoms with Gasteiger partial charge in [-0.2, -0.15) is 0 Å². The predicted molar refractivity (Wildman–Crippen MR) is 92.0 cm³/mol. The van der Waals surface area contributed by atoms with Crippen molar-refractivity contribution in [1.82, 2.24) is 5.32 Å². The monoisotopic (exact) mass is 311 g/mol. The van der Waals surface area contributed by atoms with Crippen LogP contribution in [0.4, 0.5) is 0 Å². The van der Waals surface area contributed by atoms with Gasteiger partial charge in [0.2, 0.25) is 5.91 Å². The number of carbonyl (C=O) groups is 1. The molecular formula is C19H23N2O2. The molecule has 4 N–H and O–H groups in total. The van der Waals surface area contributed by atoms with E-state index in [-0.39, 0.29) is 0 Å². The first-order valence-corrected chi connectivity index (χ1v) is 7.80. The van der Waals surface area contributed by atoms with Crippen LogP contribution in [0.3, 0.4) is 0 Å². The van der Waals surface area contributed by atoms with Crippen molar-refractivity contribution in [3.8, 4) is 0 Å². The minimum Gasteiger partial charge on any atom is -0.391 e. The minimum absolute atomic E-state index is 0.406. The van der Waals surface area contributed by atoms with Crippen molar-refractivity contribution in [2.75, 3.05) is 13.1 Å². The summed E-state index contributed by atoms with van der Waals surface area (Å²) < 4.78 is 0. The van der Waals surface area contributed by atoms with E-state index in [0.717, 1.165) is 12.0 Å². The van der Waals surface area contributed by atoms with E-state index in [1.165, 1.54) is 5.56 Å². The van der Waals surface area contributed by atoms with Crippen LogP contribution in [0, 0.1) is 6.42 Å². The summed E-state index contributed by atoms with van der Waals surface area (Å²) in [7, 11) is 0. The maximum absolute atomic E-state index is 11.3. The maximum Gasteiger partial charge on any atom is 0.248 e. The van der Waals surface area contributed by atoms with Crippen LogP contribution in [-0.4, -0.2) is 30.2 Å². The Bertz CT molecular complexity index is 614. The first kappa shape index (κ1) is 17.2. The molecule has 0 aromatic heterocycles. The van der Waals surface area contributed by atoms with Crippen LogP contribution in [0.15, 0.2) is 54.6 Å². The fraction of sp³-hybridized carbons (Fsp3) is 0.263. The molecule has 2 rings (SSSR count). The molecule has 23 heavy (non-hydrogen) atoms. The molecule has 4 nitrogen and oxygen atoms in total. The number of nitrogens with one attached hydrogen (secondary N) is 1. The highest BCUT2D eigenvalue weighted by molar-refractivity contribution is 5.94. The summed E-state index contributed by atoms with van der Waals surface area (Å²) in [6, 6.07) is 17.4. The van der Waals surface area contributed by atoms with Gasteiger partial charge in [0.25, 0.3) is 0 Å². The topological polar surface area (TPSA) is 75.4 Å². The fourth-order valence-corrected chi connectivity index (χ4v) is 2.42. The van der Waals surface area contributed by atoms with Crippen LogP contribution in [-0.2, 0) is 12.8 Å². The molecule has 0 saturated heterocycles. The minimum atomic E-state index is -0.499. The smallest absolute Gasteiger partial charge is 0.248 e. The van der Waals surface area contributed by atoms with Gasteiger partial charge < -0.3 is 16.2 Å². The number of hydrogen-bond acceptors (Lipinski definition) is 3. The van der Waals surface area contributed by atoms with E-state index < -0.39 is 12.0 Å². The highest BCUT2D eigenvalue weighted by Gasteiger charge is 2.08. The van der Waals surface area contributed by atoms with E-state index in [4.69, 9.17) is 5.73 Å². The average Bonchev–Trinajstić information content (AvgIpc) is 2.58. The summed E-state index contributed by atoms with van der Waals surface area (Å²) in [5.41, 5.74) is 8.03. The van der Waals surface area contributed by atoms with Gasteiger partial charge in [0, 0.05) is 12.1 Å². The van der Waals surface area contributed by atoms with E-state index in [0.29, 0.717) is 25.1 Å². The number of carbonyl (C=O) groups excluding carboxylic acids is 1. The molecule has 1 amide bonds.